The van der Waals surface area contributed by atoms with Crippen molar-refractivity contribution in [3.63, 3.8) is 0 Å². The molecule has 0 N–H and O–H groups in total. The van der Waals surface area contributed by atoms with E-state index in [1.54, 1.807) is 12.1 Å². The highest BCUT2D eigenvalue weighted by atomic mass is 35.5. The summed E-state index contributed by atoms with van der Waals surface area (Å²) >= 11 is 5.74. The van der Waals surface area contributed by atoms with Crippen LogP contribution in [0.1, 0.15) is 5.56 Å². The van der Waals surface area contributed by atoms with Crippen molar-refractivity contribution < 1.29 is 13.2 Å². The Morgan fingerprint density at radius 3 is 1.84 bits per heavy atom. The Kier molecular flexibility index (Phi) is 4.02. The third-order valence-corrected chi connectivity index (χ3v) is 4.71. The van der Waals surface area contributed by atoms with E-state index in [2.05, 4.69) is 0 Å². The predicted molar refractivity (Wildman–Crippen MR) is 73.1 cm³/mol. The molecule has 2 rings (SSSR count). The van der Waals surface area contributed by atoms with Gasteiger partial charge in [-0.15, -0.1) is 0 Å². The summed E-state index contributed by atoms with van der Waals surface area (Å²) in [4.78, 5) is 10.8. The molecule has 0 spiro atoms. The average Bonchev–Trinajstić information content (AvgIpc) is 2.40. The summed E-state index contributed by atoms with van der Waals surface area (Å²) in [6.45, 7) is 0. The molecule has 0 bridgehead atoms. The lowest BCUT2D eigenvalue weighted by Crippen LogP contribution is -2.02. The summed E-state index contributed by atoms with van der Waals surface area (Å²) < 4.78 is 24.6. The van der Waals surface area contributed by atoms with Crippen LogP contribution in [0.2, 0.25) is 5.02 Å². The predicted octanol–water partition coefficient (Wildman–Crippen LogP) is 2.91. The molecule has 0 amide bonds. The molecule has 0 aliphatic heterocycles. The second-order valence-corrected chi connectivity index (χ2v) is 6.36. The first-order valence-electron chi connectivity index (χ1n) is 5.57. The van der Waals surface area contributed by atoms with Crippen LogP contribution in [0.4, 0.5) is 0 Å². The van der Waals surface area contributed by atoms with Crippen molar-refractivity contribution in [2.24, 2.45) is 0 Å². The summed E-state index contributed by atoms with van der Waals surface area (Å²) in [6.07, 6.45) is 1.06. The van der Waals surface area contributed by atoms with Gasteiger partial charge in [0.15, 0.2) is 0 Å². The maximum absolute atomic E-state index is 12.3. The molecule has 2 aromatic rings. The van der Waals surface area contributed by atoms with Crippen molar-refractivity contribution in [1.29, 1.82) is 0 Å². The monoisotopic (exact) mass is 294 g/mol. The van der Waals surface area contributed by atoms with E-state index in [1.165, 1.54) is 36.4 Å². The number of carbonyl (C=O) groups is 1. The average molecular weight is 295 g/mol. The van der Waals surface area contributed by atoms with E-state index in [-0.39, 0.29) is 16.2 Å². The first-order chi connectivity index (χ1) is 9.04. The maximum atomic E-state index is 12.3. The van der Waals surface area contributed by atoms with Gasteiger partial charge in [-0.25, -0.2) is 8.42 Å². The Morgan fingerprint density at radius 2 is 1.37 bits per heavy atom. The topological polar surface area (TPSA) is 51.2 Å². The molecule has 0 saturated heterocycles. The van der Waals surface area contributed by atoms with Gasteiger partial charge in [0, 0.05) is 11.4 Å². The normalized spacial score (nSPS) is 11.2. The molecule has 0 aromatic heterocycles. The van der Waals surface area contributed by atoms with E-state index in [9.17, 15) is 13.2 Å². The largest absolute Gasteiger partial charge is 0.303 e. The molecule has 0 heterocycles. The van der Waals surface area contributed by atoms with E-state index in [0.29, 0.717) is 5.02 Å². The van der Waals surface area contributed by atoms with Gasteiger partial charge < -0.3 is 4.79 Å². The number of sulfone groups is 1. The molecule has 0 fully saturated rings. The van der Waals surface area contributed by atoms with Crippen LogP contribution in [0.25, 0.3) is 0 Å². The van der Waals surface area contributed by atoms with E-state index in [4.69, 9.17) is 11.6 Å². The number of carbonyl (C=O) groups excluding carboxylic acids is 1. The molecule has 2 aromatic carbocycles. The van der Waals surface area contributed by atoms with Crippen molar-refractivity contribution in [2.75, 3.05) is 0 Å². The number of rotatable bonds is 4. The van der Waals surface area contributed by atoms with Crippen molar-refractivity contribution in [3.05, 3.63) is 59.1 Å². The minimum absolute atomic E-state index is 0.194. The van der Waals surface area contributed by atoms with Crippen LogP contribution in [0.5, 0.6) is 0 Å². The zero-order valence-electron chi connectivity index (χ0n) is 9.91. The van der Waals surface area contributed by atoms with Crippen molar-refractivity contribution >= 4 is 27.7 Å². The van der Waals surface area contributed by atoms with Gasteiger partial charge in [0.25, 0.3) is 0 Å². The quantitative estimate of drug-likeness (QED) is 0.815. The Morgan fingerprint density at radius 1 is 0.895 bits per heavy atom. The van der Waals surface area contributed by atoms with Crippen molar-refractivity contribution in [3.8, 4) is 0 Å². The van der Waals surface area contributed by atoms with Gasteiger partial charge in [-0.2, -0.15) is 0 Å². The molecule has 0 aliphatic rings. The van der Waals surface area contributed by atoms with E-state index >= 15 is 0 Å². The standard InChI is InChI=1S/C14H11ClO3S/c15-12-3-7-14(8-4-12)19(17,18)13-5-1-11(2-6-13)9-10-16/h1-8,10H,9H2. The summed E-state index contributed by atoms with van der Waals surface area (Å²) in [6, 6.07) is 12.3. The van der Waals surface area contributed by atoms with Crippen molar-refractivity contribution in [1.82, 2.24) is 0 Å². The Labute approximate surface area is 116 Å². The third kappa shape index (κ3) is 3.03. The second-order valence-electron chi connectivity index (χ2n) is 3.97. The number of halogens is 1. The molecule has 5 heteroatoms. The maximum Gasteiger partial charge on any atom is 0.206 e. The van der Waals surface area contributed by atoms with Gasteiger partial charge in [0.2, 0.25) is 9.84 Å². The summed E-state index contributed by atoms with van der Waals surface area (Å²) in [5, 5.41) is 0.486. The van der Waals surface area contributed by atoms with Gasteiger partial charge in [0.1, 0.15) is 6.29 Å². The molecule has 0 atom stereocenters. The van der Waals surface area contributed by atoms with Crippen LogP contribution in [-0.2, 0) is 21.1 Å². The van der Waals surface area contributed by atoms with Gasteiger partial charge in [-0.05, 0) is 42.0 Å². The minimum Gasteiger partial charge on any atom is -0.303 e. The molecule has 0 saturated carbocycles. The minimum atomic E-state index is -3.53. The van der Waals surface area contributed by atoms with Crippen LogP contribution in [0.3, 0.4) is 0 Å². The molecule has 0 unspecified atom stereocenters. The first-order valence-corrected chi connectivity index (χ1v) is 7.43. The highest BCUT2D eigenvalue weighted by Gasteiger charge is 2.17. The van der Waals surface area contributed by atoms with Crippen LogP contribution in [0, 0.1) is 0 Å². The first kappa shape index (κ1) is 13.8. The third-order valence-electron chi connectivity index (χ3n) is 2.68. The lowest BCUT2D eigenvalue weighted by molar-refractivity contribution is -0.107. The zero-order chi connectivity index (χ0) is 13.9. The van der Waals surface area contributed by atoms with Crippen LogP contribution in [-0.4, -0.2) is 14.7 Å². The molecule has 19 heavy (non-hydrogen) atoms. The lowest BCUT2D eigenvalue weighted by Gasteiger charge is -2.05. The Bertz CT molecular complexity index is 674. The second kappa shape index (κ2) is 5.55. The number of hydrogen-bond acceptors (Lipinski definition) is 3. The van der Waals surface area contributed by atoms with Crippen LogP contribution in [0.15, 0.2) is 58.3 Å². The van der Waals surface area contributed by atoms with E-state index in [0.717, 1.165) is 11.8 Å². The lowest BCUT2D eigenvalue weighted by atomic mass is 10.2. The highest BCUT2D eigenvalue weighted by Crippen LogP contribution is 2.22. The summed E-state index contributed by atoms with van der Waals surface area (Å²) in [5.74, 6) is 0. The van der Waals surface area contributed by atoms with Crippen molar-refractivity contribution in [2.45, 2.75) is 16.2 Å². The van der Waals surface area contributed by atoms with Gasteiger partial charge in [0.05, 0.1) is 9.79 Å². The molecule has 3 nitrogen and oxygen atoms in total. The van der Waals surface area contributed by atoms with E-state index < -0.39 is 9.84 Å². The molecule has 0 radical (unpaired) electrons. The van der Waals surface area contributed by atoms with Crippen LogP contribution >= 0.6 is 11.6 Å². The Balaban J connectivity index is 2.39. The number of benzene rings is 2. The smallest absolute Gasteiger partial charge is 0.206 e. The van der Waals surface area contributed by atoms with Crippen LogP contribution < -0.4 is 0 Å². The van der Waals surface area contributed by atoms with Gasteiger partial charge in [-0.1, -0.05) is 23.7 Å². The molecule has 98 valence electrons. The molecule has 0 aliphatic carbocycles. The Hall–Kier alpha value is -1.65. The molecular formula is C14H11ClO3S. The summed E-state index contributed by atoms with van der Waals surface area (Å²) in [5.41, 5.74) is 0.782. The fourth-order valence-corrected chi connectivity index (χ4v) is 3.04. The highest BCUT2D eigenvalue weighted by molar-refractivity contribution is 7.91. The summed E-state index contributed by atoms with van der Waals surface area (Å²) in [7, 11) is -3.53. The van der Waals surface area contributed by atoms with Gasteiger partial charge in [-0.3, -0.25) is 0 Å². The van der Waals surface area contributed by atoms with Gasteiger partial charge >= 0.3 is 0 Å². The van der Waals surface area contributed by atoms with E-state index in [1.807, 2.05) is 0 Å². The zero-order valence-corrected chi connectivity index (χ0v) is 11.5. The molecular weight excluding hydrogens is 284 g/mol. The number of aldehydes is 1. The number of hydrogen-bond donors (Lipinski definition) is 0. The fourth-order valence-electron chi connectivity index (χ4n) is 1.65. The SMILES string of the molecule is O=CCc1ccc(S(=O)(=O)c2ccc(Cl)cc2)cc1. The fraction of sp³-hybridized carbons (Fsp3) is 0.0714.